The van der Waals surface area contributed by atoms with Gasteiger partial charge in [-0.2, -0.15) is 5.10 Å². The summed E-state index contributed by atoms with van der Waals surface area (Å²) >= 11 is 2.18. The van der Waals surface area contributed by atoms with Gasteiger partial charge in [0.05, 0.1) is 35.7 Å². The van der Waals surface area contributed by atoms with E-state index in [0.29, 0.717) is 11.5 Å². The van der Waals surface area contributed by atoms with E-state index in [0.717, 1.165) is 24.3 Å². The molecule has 1 atom stereocenters. The van der Waals surface area contributed by atoms with Gasteiger partial charge in [-0.15, -0.1) is 0 Å². The van der Waals surface area contributed by atoms with Gasteiger partial charge in [-0.3, -0.25) is 0 Å². The standard InChI is InChI=1S/C20H24IN5O/c21-26-12-15(10-25-26)17-11-24-19-16(17)7-14(9-23-19)13-1-3-20(4-2-13)8-18(20)22-5-6-27/h9-12,18,22,24,27H,1-8H2. The third-order valence-corrected chi connectivity index (χ3v) is 7.07. The van der Waals surface area contributed by atoms with Crippen LogP contribution < -0.4 is 5.32 Å². The van der Waals surface area contributed by atoms with E-state index in [4.69, 9.17) is 10.1 Å². The zero-order chi connectivity index (χ0) is 18.4. The van der Waals surface area contributed by atoms with Crippen LogP contribution in [0.1, 0.15) is 37.7 Å². The number of hydrogen-bond donors (Lipinski definition) is 3. The Balaban J connectivity index is 1.32. The lowest BCUT2D eigenvalue weighted by Crippen LogP contribution is -2.27. The molecule has 27 heavy (non-hydrogen) atoms. The number of nitrogens with zero attached hydrogens (tertiary/aromatic N) is 3. The molecule has 5 rings (SSSR count). The van der Waals surface area contributed by atoms with E-state index in [1.807, 2.05) is 15.3 Å². The zero-order valence-electron chi connectivity index (χ0n) is 15.2. The molecule has 2 aliphatic carbocycles. The Morgan fingerprint density at radius 1 is 1.37 bits per heavy atom. The van der Waals surface area contributed by atoms with Crippen molar-refractivity contribution < 1.29 is 5.11 Å². The molecule has 2 aromatic heterocycles. The maximum Gasteiger partial charge on any atom is 0.134 e. The molecule has 1 spiro atoms. The van der Waals surface area contributed by atoms with Gasteiger partial charge in [-0.25, -0.2) is 7.89 Å². The zero-order valence-corrected chi connectivity index (χ0v) is 17.4. The number of halogens is 1. The summed E-state index contributed by atoms with van der Waals surface area (Å²) in [5.41, 5.74) is 7.12. The van der Waals surface area contributed by atoms with Crippen molar-refractivity contribution in [3.05, 3.63) is 35.3 Å². The van der Waals surface area contributed by atoms with Crippen LogP contribution in [0.25, 0.3) is 11.1 Å². The second-order valence-corrected chi connectivity index (χ2v) is 9.00. The van der Waals surface area contributed by atoms with Crippen LogP contribution in [0.5, 0.6) is 0 Å². The molecule has 0 amide bonds. The van der Waals surface area contributed by atoms with Gasteiger partial charge in [0.15, 0.2) is 0 Å². The van der Waals surface area contributed by atoms with Crippen LogP contribution in [0.15, 0.2) is 34.7 Å². The molecule has 6 nitrogen and oxygen atoms in total. The number of aromatic amines is 1. The van der Waals surface area contributed by atoms with Crippen molar-refractivity contribution in [3.63, 3.8) is 0 Å². The molecule has 142 valence electrons. The molecule has 3 aliphatic rings. The van der Waals surface area contributed by atoms with Crippen LogP contribution in [0.2, 0.25) is 0 Å². The average molecular weight is 477 g/mol. The number of aliphatic hydroxyl groups excluding tert-OH is 1. The number of nitrogens with one attached hydrogen (secondary N) is 2. The maximum atomic E-state index is 9.02. The number of fused-ring (bicyclic) bond motifs is 1. The van der Waals surface area contributed by atoms with Gasteiger partial charge in [-0.1, -0.05) is 5.57 Å². The summed E-state index contributed by atoms with van der Waals surface area (Å²) in [5.74, 6) is 0.985. The highest BCUT2D eigenvalue weighted by Crippen LogP contribution is 2.57. The lowest BCUT2D eigenvalue weighted by Gasteiger charge is -2.27. The summed E-state index contributed by atoms with van der Waals surface area (Å²) in [5, 5.41) is 16.8. The fourth-order valence-electron chi connectivity index (χ4n) is 4.83. The van der Waals surface area contributed by atoms with Gasteiger partial charge in [0, 0.05) is 54.3 Å². The topological polar surface area (TPSA) is 78.2 Å². The third kappa shape index (κ3) is 3.19. The molecule has 0 bridgehead atoms. The van der Waals surface area contributed by atoms with Gasteiger partial charge in [0.2, 0.25) is 0 Å². The first-order chi connectivity index (χ1) is 13.2. The van der Waals surface area contributed by atoms with Crippen molar-refractivity contribution in [2.45, 2.75) is 44.6 Å². The van der Waals surface area contributed by atoms with Crippen LogP contribution in [-0.4, -0.2) is 43.5 Å². The first-order valence-corrected chi connectivity index (χ1v) is 10.7. The van der Waals surface area contributed by atoms with E-state index in [-0.39, 0.29) is 6.61 Å². The average Bonchev–Trinajstić information content (AvgIpc) is 3.00. The molecule has 2 aromatic rings. The van der Waals surface area contributed by atoms with E-state index < -0.39 is 0 Å². The van der Waals surface area contributed by atoms with Gasteiger partial charge in [-0.05, 0) is 43.1 Å². The SMILES string of the molecule is OCCNC1CC12CCC(=C1C=Nc3[nH]cc(-c4cnn(I)c4)c3C1)CC2. The van der Waals surface area contributed by atoms with Crippen molar-refractivity contribution in [1.82, 2.24) is 18.3 Å². The number of rotatable bonds is 4. The normalized spacial score (nSPS) is 26.7. The van der Waals surface area contributed by atoms with Crippen LogP contribution in [0, 0.1) is 5.41 Å². The summed E-state index contributed by atoms with van der Waals surface area (Å²) < 4.78 is 1.81. The van der Waals surface area contributed by atoms with Crippen molar-refractivity contribution in [1.29, 1.82) is 0 Å². The summed E-state index contributed by atoms with van der Waals surface area (Å²) in [6.45, 7) is 0.954. The number of aliphatic hydroxyl groups is 1. The largest absolute Gasteiger partial charge is 0.395 e. The lowest BCUT2D eigenvalue weighted by molar-refractivity contribution is 0.281. The molecule has 0 aromatic carbocycles. The van der Waals surface area contributed by atoms with Crippen molar-refractivity contribution >= 4 is 34.9 Å². The maximum absolute atomic E-state index is 9.02. The van der Waals surface area contributed by atoms with Gasteiger partial charge < -0.3 is 15.4 Å². The highest BCUT2D eigenvalue weighted by molar-refractivity contribution is 14.1. The number of aromatic nitrogens is 3. The Bertz CT molecular complexity index is 915. The van der Waals surface area contributed by atoms with Crippen LogP contribution in [0.3, 0.4) is 0 Å². The second kappa shape index (κ2) is 6.86. The number of aliphatic imine (C=N–C) groups is 1. The minimum Gasteiger partial charge on any atom is -0.395 e. The minimum atomic E-state index is 0.232. The van der Waals surface area contributed by atoms with Gasteiger partial charge in [0.1, 0.15) is 5.82 Å². The summed E-state index contributed by atoms with van der Waals surface area (Å²) in [6.07, 6.45) is 15.2. The van der Waals surface area contributed by atoms with E-state index in [2.05, 4.69) is 50.7 Å². The number of H-pyrrole nitrogens is 1. The van der Waals surface area contributed by atoms with E-state index in [9.17, 15) is 0 Å². The Hall–Kier alpha value is -1.45. The minimum absolute atomic E-state index is 0.232. The van der Waals surface area contributed by atoms with Crippen molar-refractivity contribution in [2.75, 3.05) is 13.2 Å². The van der Waals surface area contributed by atoms with Gasteiger partial charge >= 0.3 is 0 Å². The van der Waals surface area contributed by atoms with Crippen LogP contribution >= 0.6 is 22.9 Å². The molecular formula is C20H24IN5O. The highest BCUT2D eigenvalue weighted by Gasteiger charge is 2.54. The lowest BCUT2D eigenvalue weighted by atomic mass is 9.79. The molecule has 0 radical (unpaired) electrons. The second-order valence-electron chi connectivity index (χ2n) is 8.01. The monoisotopic (exact) mass is 477 g/mol. The van der Waals surface area contributed by atoms with Gasteiger partial charge in [0.25, 0.3) is 0 Å². The smallest absolute Gasteiger partial charge is 0.134 e. The molecule has 1 unspecified atom stereocenters. The van der Waals surface area contributed by atoms with Crippen LogP contribution in [0.4, 0.5) is 5.82 Å². The summed E-state index contributed by atoms with van der Waals surface area (Å²) in [7, 11) is 0. The molecule has 3 heterocycles. The Kier molecular flexibility index (Phi) is 4.48. The van der Waals surface area contributed by atoms with E-state index >= 15 is 0 Å². The number of hydrogen-bond acceptors (Lipinski definition) is 4. The summed E-state index contributed by atoms with van der Waals surface area (Å²) in [4.78, 5) is 8.02. The highest BCUT2D eigenvalue weighted by atomic mass is 127. The Morgan fingerprint density at radius 3 is 2.96 bits per heavy atom. The first kappa shape index (κ1) is 17.6. The first-order valence-electron chi connectivity index (χ1n) is 9.69. The Morgan fingerprint density at radius 2 is 2.22 bits per heavy atom. The quantitative estimate of drug-likeness (QED) is 0.590. The molecule has 2 saturated carbocycles. The predicted octanol–water partition coefficient (Wildman–Crippen LogP) is 3.55. The molecule has 0 saturated heterocycles. The predicted molar refractivity (Wildman–Crippen MR) is 115 cm³/mol. The fraction of sp³-hybridized carbons (Fsp3) is 0.500. The van der Waals surface area contributed by atoms with Crippen molar-refractivity contribution in [3.8, 4) is 11.1 Å². The number of allylic oxidation sites excluding steroid dienone is 2. The van der Waals surface area contributed by atoms with Crippen molar-refractivity contribution in [2.24, 2.45) is 10.4 Å². The molecule has 1 aliphatic heterocycles. The summed E-state index contributed by atoms with van der Waals surface area (Å²) in [6, 6.07) is 0.615. The molecule has 3 N–H and O–H groups in total. The fourth-order valence-corrected chi connectivity index (χ4v) is 5.25. The van der Waals surface area contributed by atoms with E-state index in [1.54, 1.807) is 5.57 Å². The third-order valence-electron chi connectivity index (χ3n) is 6.54. The molecule has 7 heteroatoms. The molecule has 2 fully saturated rings. The Labute approximate surface area is 172 Å². The van der Waals surface area contributed by atoms with E-state index in [1.165, 1.54) is 48.8 Å². The molecular weight excluding hydrogens is 453 g/mol. The van der Waals surface area contributed by atoms with Crippen LogP contribution in [-0.2, 0) is 6.42 Å².